The smallest absolute Gasteiger partial charge is 0.212 e. The molecule has 3 unspecified atom stereocenters. The lowest BCUT2D eigenvalue weighted by molar-refractivity contribution is 0.112. The van der Waals surface area contributed by atoms with Crippen LogP contribution in [0.4, 0.5) is 0 Å². The van der Waals surface area contributed by atoms with Crippen molar-refractivity contribution in [2.24, 2.45) is 11.8 Å². The molecule has 0 aromatic heterocycles. The van der Waals surface area contributed by atoms with Gasteiger partial charge in [-0.15, -0.1) is 0 Å². The SMILES string of the molecule is CC1CCC(C2CCC2)CN1S(=O)(=O)CC1CCS(=O)(=O)N1C. The molecule has 3 atom stereocenters. The third-order valence-electron chi connectivity index (χ3n) is 6.10. The molecule has 0 amide bonds. The summed E-state index contributed by atoms with van der Waals surface area (Å²) in [6, 6.07) is -0.388. The summed E-state index contributed by atoms with van der Waals surface area (Å²) in [5, 5.41) is 0. The Hall–Kier alpha value is -0.180. The minimum atomic E-state index is -3.42. The molecule has 2 heterocycles. The van der Waals surface area contributed by atoms with Crippen LogP contribution in [0, 0.1) is 11.8 Å². The summed E-state index contributed by atoms with van der Waals surface area (Å²) >= 11 is 0. The Morgan fingerprint density at radius 1 is 1.04 bits per heavy atom. The standard InChI is InChI=1S/C15H28N2O4S2/c1-12-6-7-14(13-4-3-5-13)10-17(12)23(20,21)11-15-8-9-22(18,19)16(15)2/h12-15H,3-11H2,1-2H3. The highest BCUT2D eigenvalue weighted by molar-refractivity contribution is 7.90. The van der Waals surface area contributed by atoms with E-state index in [1.807, 2.05) is 6.92 Å². The average molecular weight is 365 g/mol. The lowest BCUT2D eigenvalue weighted by Gasteiger charge is -2.43. The van der Waals surface area contributed by atoms with Crippen molar-refractivity contribution in [3.8, 4) is 0 Å². The zero-order valence-corrected chi connectivity index (χ0v) is 15.7. The monoisotopic (exact) mass is 364 g/mol. The molecule has 1 saturated carbocycles. The lowest BCUT2D eigenvalue weighted by atomic mass is 9.72. The maximum absolute atomic E-state index is 12.9. The van der Waals surface area contributed by atoms with Crippen molar-refractivity contribution >= 4 is 20.0 Å². The molecule has 0 aromatic rings. The fraction of sp³-hybridized carbons (Fsp3) is 1.00. The van der Waals surface area contributed by atoms with Gasteiger partial charge in [-0.25, -0.2) is 21.1 Å². The number of sulfonamides is 2. The van der Waals surface area contributed by atoms with E-state index in [9.17, 15) is 16.8 Å². The van der Waals surface area contributed by atoms with Crippen LogP contribution in [0.2, 0.25) is 0 Å². The first-order valence-electron chi connectivity index (χ1n) is 8.66. The lowest BCUT2D eigenvalue weighted by Crippen LogP contribution is -2.50. The summed E-state index contributed by atoms with van der Waals surface area (Å²) in [5.41, 5.74) is 0. The molecular formula is C15H28N2O4S2. The van der Waals surface area contributed by atoms with Crippen molar-refractivity contribution in [2.75, 3.05) is 25.1 Å². The highest BCUT2D eigenvalue weighted by atomic mass is 32.2. The Labute approximate surface area is 140 Å². The number of piperidine rings is 1. The minimum Gasteiger partial charge on any atom is -0.212 e. The van der Waals surface area contributed by atoms with Gasteiger partial charge < -0.3 is 0 Å². The molecule has 2 aliphatic heterocycles. The molecule has 134 valence electrons. The van der Waals surface area contributed by atoms with Crippen LogP contribution in [0.25, 0.3) is 0 Å². The van der Waals surface area contributed by atoms with Crippen LogP contribution in [0.1, 0.15) is 45.4 Å². The zero-order chi connectivity index (χ0) is 16.8. The molecule has 2 saturated heterocycles. The number of hydrogen-bond donors (Lipinski definition) is 0. The minimum absolute atomic E-state index is 0.0274. The van der Waals surface area contributed by atoms with E-state index >= 15 is 0 Å². The van der Waals surface area contributed by atoms with Gasteiger partial charge >= 0.3 is 0 Å². The second kappa shape index (κ2) is 6.28. The molecule has 6 nitrogen and oxygen atoms in total. The quantitative estimate of drug-likeness (QED) is 0.752. The first-order valence-corrected chi connectivity index (χ1v) is 11.9. The Balaban J connectivity index is 1.70. The molecule has 3 fully saturated rings. The first-order chi connectivity index (χ1) is 10.7. The van der Waals surface area contributed by atoms with E-state index in [0.29, 0.717) is 24.8 Å². The summed E-state index contributed by atoms with van der Waals surface area (Å²) in [6.07, 6.45) is 6.18. The third-order valence-corrected chi connectivity index (χ3v) is 10.1. The van der Waals surface area contributed by atoms with Gasteiger partial charge in [-0.05, 0) is 38.0 Å². The van der Waals surface area contributed by atoms with Crippen molar-refractivity contribution in [3.05, 3.63) is 0 Å². The maximum atomic E-state index is 12.9. The Bertz CT molecular complexity index is 642. The summed E-state index contributed by atoms with van der Waals surface area (Å²) in [4.78, 5) is 0. The van der Waals surface area contributed by atoms with E-state index in [1.54, 1.807) is 4.31 Å². The van der Waals surface area contributed by atoms with E-state index in [0.717, 1.165) is 12.8 Å². The summed E-state index contributed by atoms with van der Waals surface area (Å²) in [6.45, 7) is 2.60. The number of rotatable bonds is 4. The fourth-order valence-electron chi connectivity index (χ4n) is 4.15. The van der Waals surface area contributed by atoms with Crippen molar-refractivity contribution in [2.45, 2.75) is 57.5 Å². The second-order valence-electron chi connectivity index (χ2n) is 7.50. The fourth-order valence-corrected chi connectivity index (χ4v) is 7.88. The number of nitrogens with zero attached hydrogens (tertiary/aromatic N) is 2. The average Bonchev–Trinajstić information content (AvgIpc) is 2.65. The van der Waals surface area contributed by atoms with E-state index in [2.05, 4.69) is 0 Å². The van der Waals surface area contributed by atoms with Gasteiger partial charge in [0, 0.05) is 25.7 Å². The molecule has 0 N–H and O–H groups in total. The van der Waals surface area contributed by atoms with Gasteiger partial charge in [-0.2, -0.15) is 4.31 Å². The van der Waals surface area contributed by atoms with Gasteiger partial charge in [0.05, 0.1) is 11.5 Å². The van der Waals surface area contributed by atoms with Crippen LogP contribution in [-0.2, 0) is 20.0 Å². The highest BCUT2D eigenvalue weighted by Crippen LogP contribution is 2.40. The highest BCUT2D eigenvalue weighted by Gasteiger charge is 2.42. The van der Waals surface area contributed by atoms with Gasteiger partial charge in [-0.1, -0.05) is 19.3 Å². The predicted octanol–water partition coefficient (Wildman–Crippen LogP) is 1.25. The molecule has 8 heteroatoms. The topological polar surface area (TPSA) is 74.8 Å². The van der Waals surface area contributed by atoms with Gasteiger partial charge in [0.15, 0.2) is 0 Å². The Morgan fingerprint density at radius 3 is 2.26 bits per heavy atom. The molecule has 1 aliphatic carbocycles. The van der Waals surface area contributed by atoms with Gasteiger partial charge in [-0.3, -0.25) is 0 Å². The van der Waals surface area contributed by atoms with Crippen molar-refractivity contribution < 1.29 is 16.8 Å². The summed E-state index contributed by atoms with van der Waals surface area (Å²) in [5.74, 6) is 1.16. The van der Waals surface area contributed by atoms with E-state index < -0.39 is 26.1 Å². The van der Waals surface area contributed by atoms with Crippen LogP contribution in [0.3, 0.4) is 0 Å². The Morgan fingerprint density at radius 2 is 1.74 bits per heavy atom. The van der Waals surface area contributed by atoms with Crippen LogP contribution >= 0.6 is 0 Å². The van der Waals surface area contributed by atoms with Gasteiger partial charge in [0.2, 0.25) is 20.0 Å². The molecule has 23 heavy (non-hydrogen) atoms. The zero-order valence-electron chi connectivity index (χ0n) is 14.0. The molecular weight excluding hydrogens is 336 g/mol. The van der Waals surface area contributed by atoms with E-state index in [1.165, 1.54) is 30.6 Å². The molecule has 3 rings (SSSR count). The largest absolute Gasteiger partial charge is 0.215 e. The van der Waals surface area contributed by atoms with Crippen LogP contribution in [-0.4, -0.2) is 62.6 Å². The third kappa shape index (κ3) is 3.45. The number of hydrogen-bond acceptors (Lipinski definition) is 4. The summed E-state index contributed by atoms with van der Waals surface area (Å²) in [7, 11) is -5.18. The van der Waals surface area contributed by atoms with E-state index in [4.69, 9.17) is 0 Å². The maximum Gasteiger partial charge on any atom is 0.215 e. The van der Waals surface area contributed by atoms with E-state index in [-0.39, 0.29) is 17.5 Å². The first kappa shape index (κ1) is 17.6. The summed E-state index contributed by atoms with van der Waals surface area (Å²) < 4.78 is 52.3. The van der Waals surface area contributed by atoms with Gasteiger partial charge in [0.1, 0.15) is 0 Å². The van der Waals surface area contributed by atoms with Crippen LogP contribution in [0.15, 0.2) is 0 Å². The predicted molar refractivity (Wildman–Crippen MR) is 90.0 cm³/mol. The normalized spacial score (nSPS) is 36.9. The molecule has 0 aromatic carbocycles. The van der Waals surface area contributed by atoms with Crippen molar-refractivity contribution in [1.82, 2.24) is 8.61 Å². The van der Waals surface area contributed by atoms with Crippen molar-refractivity contribution in [1.29, 1.82) is 0 Å². The Kier molecular flexibility index (Phi) is 4.81. The van der Waals surface area contributed by atoms with Crippen molar-refractivity contribution in [3.63, 3.8) is 0 Å². The second-order valence-corrected chi connectivity index (χ2v) is 11.6. The molecule has 0 bridgehead atoms. The van der Waals surface area contributed by atoms with Crippen LogP contribution < -0.4 is 0 Å². The van der Waals surface area contributed by atoms with Crippen LogP contribution in [0.5, 0.6) is 0 Å². The molecule has 0 spiro atoms. The van der Waals surface area contributed by atoms with Gasteiger partial charge in [0.25, 0.3) is 0 Å². The molecule has 3 aliphatic rings. The molecule has 0 radical (unpaired) electrons.